The standard InChI is InChI=1S/C14H17N3S/c1-2-6-11(7-3-1)10-13-16-17-14(18-13)12-8-4-5-9-15-12/h4-5,8-9,11H,1-3,6-7,10H2. The van der Waals surface area contributed by atoms with E-state index in [0.717, 1.165) is 23.0 Å². The van der Waals surface area contributed by atoms with E-state index in [9.17, 15) is 0 Å². The first-order valence-corrected chi connectivity index (χ1v) is 7.47. The number of nitrogens with zero attached hydrogens (tertiary/aromatic N) is 3. The molecular formula is C14H17N3S. The summed E-state index contributed by atoms with van der Waals surface area (Å²) in [4.78, 5) is 4.32. The van der Waals surface area contributed by atoms with Gasteiger partial charge in [0.05, 0.1) is 0 Å². The SMILES string of the molecule is c1ccc(-c2nnc(CC3CCCCC3)s2)nc1. The van der Waals surface area contributed by atoms with Crippen molar-refractivity contribution in [1.82, 2.24) is 15.2 Å². The quantitative estimate of drug-likeness (QED) is 0.843. The van der Waals surface area contributed by atoms with Gasteiger partial charge in [0, 0.05) is 12.6 Å². The van der Waals surface area contributed by atoms with Crippen LogP contribution in [-0.4, -0.2) is 15.2 Å². The van der Waals surface area contributed by atoms with Gasteiger partial charge < -0.3 is 0 Å². The van der Waals surface area contributed by atoms with Crippen molar-refractivity contribution < 1.29 is 0 Å². The largest absolute Gasteiger partial charge is 0.254 e. The van der Waals surface area contributed by atoms with Crippen molar-refractivity contribution in [2.24, 2.45) is 5.92 Å². The number of pyridine rings is 1. The van der Waals surface area contributed by atoms with Crippen molar-refractivity contribution in [2.45, 2.75) is 38.5 Å². The molecule has 0 N–H and O–H groups in total. The molecule has 3 rings (SSSR count). The molecule has 1 saturated carbocycles. The Balaban J connectivity index is 1.69. The van der Waals surface area contributed by atoms with Gasteiger partial charge in [-0.15, -0.1) is 10.2 Å². The van der Waals surface area contributed by atoms with Gasteiger partial charge in [0.25, 0.3) is 0 Å². The Morgan fingerprint density at radius 1 is 1.11 bits per heavy atom. The number of rotatable bonds is 3. The molecule has 0 bridgehead atoms. The summed E-state index contributed by atoms with van der Waals surface area (Å²) >= 11 is 1.69. The molecule has 2 aromatic heterocycles. The van der Waals surface area contributed by atoms with Crippen LogP contribution in [0.2, 0.25) is 0 Å². The molecule has 0 spiro atoms. The third kappa shape index (κ3) is 2.75. The fourth-order valence-electron chi connectivity index (χ4n) is 2.57. The summed E-state index contributed by atoms with van der Waals surface area (Å²) in [5, 5.41) is 10.7. The first-order valence-electron chi connectivity index (χ1n) is 6.65. The molecule has 1 fully saturated rings. The van der Waals surface area contributed by atoms with Gasteiger partial charge in [-0.3, -0.25) is 4.98 Å². The molecule has 0 unspecified atom stereocenters. The second-order valence-electron chi connectivity index (χ2n) is 4.92. The van der Waals surface area contributed by atoms with Gasteiger partial charge in [-0.1, -0.05) is 49.5 Å². The minimum atomic E-state index is 0.822. The smallest absolute Gasteiger partial charge is 0.166 e. The van der Waals surface area contributed by atoms with Crippen LogP contribution in [0.3, 0.4) is 0 Å². The Bertz CT molecular complexity index is 489. The highest BCUT2D eigenvalue weighted by atomic mass is 32.1. The molecule has 0 saturated heterocycles. The summed E-state index contributed by atoms with van der Waals surface area (Å²) in [6, 6.07) is 5.91. The van der Waals surface area contributed by atoms with Crippen molar-refractivity contribution in [1.29, 1.82) is 0 Å². The van der Waals surface area contributed by atoms with Crippen LogP contribution in [0.4, 0.5) is 0 Å². The van der Waals surface area contributed by atoms with Crippen molar-refractivity contribution in [3.63, 3.8) is 0 Å². The van der Waals surface area contributed by atoms with Crippen molar-refractivity contribution in [3.05, 3.63) is 29.4 Å². The highest BCUT2D eigenvalue weighted by Gasteiger charge is 2.16. The Labute approximate surface area is 111 Å². The predicted octanol–water partition coefficient (Wildman–Crippen LogP) is 3.72. The van der Waals surface area contributed by atoms with Crippen molar-refractivity contribution in [3.8, 4) is 10.7 Å². The van der Waals surface area contributed by atoms with E-state index in [-0.39, 0.29) is 0 Å². The van der Waals surface area contributed by atoms with Gasteiger partial charge >= 0.3 is 0 Å². The lowest BCUT2D eigenvalue weighted by Crippen LogP contribution is -2.08. The van der Waals surface area contributed by atoms with Crippen LogP contribution in [0.1, 0.15) is 37.1 Å². The van der Waals surface area contributed by atoms with E-state index < -0.39 is 0 Å². The van der Waals surface area contributed by atoms with E-state index in [1.54, 1.807) is 17.5 Å². The molecule has 0 aromatic carbocycles. The summed E-state index contributed by atoms with van der Waals surface area (Å²) in [6.45, 7) is 0. The fraction of sp³-hybridized carbons (Fsp3) is 0.500. The van der Waals surface area contributed by atoms with Gasteiger partial charge in [-0.05, 0) is 18.1 Å². The molecule has 94 valence electrons. The Hall–Kier alpha value is -1.29. The monoisotopic (exact) mass is 259 g/mol. The zero-order valence-electron chi connectivity index (χ0n) is 10.4. The normalized spacial score (nSPS) is 16.9. The molecule has 1 aliphatic rings. The maximum atomic E-state index is 4.32. The average Bonchev–Trinajstić information content (AvgIpc) is 2.89. The van der Waals surface area contributed by atoms with Crippen LogP contribution in [0, 0.1) is 5.92 Å². The lowest BCUT2D eigenvalue weighted by Gasteiger charge is -2.19. The first kappa shape index (κ1) is 11.8. The van der Waals surface area contributed by atoms with Crippen LogP contribution in [-0.2, 0) is 6.42 Å². The van der Waals surface area contributed by atoms with Crippen molar-refractivity contribution in [2.75, 3.05) is 0 Å². The fourth-order valence-corrected chi connectivity index (χ4v) is 3.50. The summed E-state index contributed by atoms with van der Waals surface area (Å²) < 4.78 is 0. The predicted molar refractivity (Wildman–Crippen MR) is 73.4 cm³/mol. The van der Waals surface area contributed by atoms with Crippen LogP contribution >= 0.6 is 11.3 Å². The summed E-state index contributed by atoms with van der Waals surface area (Å²) in [5.41, 5.74) is 0.935. The molecule has 18 heavy (non-hydrogen) atoms. The van der Waals surface area contributed by atoms with E-state index in [2.05, 4.69) is 15.2 Å². The molecule has 0 radical (unpaired) electrons. The zero-order chi connectivity index (χ0) is 12.2. The van der Waals surface area contributed by atoms with E-state index >= 15 is 0 Å². The first-order chi connectivity index (χ1) is 8.92. The van der Waals surface area contributed by atoms with Crippen LogP contribution in [0.5, 0.6) is 0 Å². The molecular weight excluding hydrogens is 242 g/mol. The topological polar surface area (TPSA) is 38.7 Å². The van der Waals surface area contributed by atoms with Gasteiger partial charge in [-0.2, -0.15) is 0 Å². The molecule has 2 aromatic rings. The second kappa shape index (κ2) is 5.57. The van der Waals surface area contributed by atoms with Gasteiger partial charge in [-0.25, -0.2) is 0 Å². The number of hydrogen-bond donors (Lipinski definition) is 0. The third-order valence-corrected chi connectivity index (χ3v) is 4.51. The summed E-state index contributed by atoms with van der Waals surface area (Å²) in [7, 11) is 0. The van der Waals surface area contributed by atoms with E-state index in [0.29, 0.717) is 0 Å². The Morgan fingerprint density at radius 3 is 2.78 bits per heavy atom. The molecule has 4 heteroatoms. The summed E-state index contributed by atoms with van der Waals surface area (Å²) in [5.74, 6) is 0.822. The minimum absolute atomic E-state index is 0.822. The van der Waals surface area contributed by atoms with E-state index in [1.807, 2.05) is 18.2 Å². The zero-order valence-corrected chi connectivity index (χ0v) is 11.2. The van der Waals surface area contributed by atoms with E-state index in [4.69, 9.17) is 0 Å². The molecule has 3 nitrogen and oxygen atoms in total. The Kier molecular flexibility index (Phi) is 3.64. The molecule has 0 amide bonds. The summed E-state index contributed by atoms with van der Waals surface area (Å²) in [6.07, 6.45) is 9.80. The second-order valence-corrected chi connectivity index (χ2v) is 5.99. The average molecular weight is 259 g/mol. The molecule has 0 atom stereocenters. The maximum Gasteiger partial charge on any atom is 0.166 e. The lowest BCUT2D eigenvalue weighted by molar-refractivity contribution is 0.356. The highest BCUT2D eigenvalue weighted by molar-refractivity contribution is 7.14. The van der Waals surface area contributed by atoms with Crippen LogP contribution in [0.15, 0.2) is 24.4 Å². The molecule has 0 aliphatic heterocycles. The molecule has 1 aliphatic carbocycles. The van der Waals surface area contributed by atoms with Crippen LogP contribution < -0.4 is 0 Å². The number of hydrogen-bond acceptors (Lipinski definition) is 4. The molecule has 2 heterocycles. The lowest BCUT2D eigenvalue weighted by atomic mass is 9.87. The highest BCUT2D eigenvalue weighted by Crippen LogP contribution is 2.29. The van der Waals surface area contributed by atoms with Crippen LogP contribution in [0.25, 0.3) is 10.7 Å². The van der Waals surface area contributed by atoms with Gasteiger partial charge in [0.2, 0.25) is 0 Å². The minimum Gasteiger partial charge on any atom is -0.254 e. The van der Waals surface area contributed by atoms with Crippen molar-refractivity contribution >= 4 is 11.3 Å². The maximum absolute atomic E-state index is 4.32. The Morgan fingerprint density at radius 2 is 2.00 bits per heavy atom. The van der Waals surface area contributed by atoms with E-state index in [1.165, 1.54) is 37.1 Å². The van der Waals surface area contributed by atoms with Gasteiger partial charge in [0.1, 0.15) is 10.7 Å². The third-order valence-electron chi connectivity index (χ3n) is 3.54. The van der Waals surface area contributed by atoms with Gasteiger partial charge in [0.15, 0.2) is 5.01 Å². The number of aromatic nitrogens is 3.